The van der Waals surface area contributed by atoms with Crippen LogP contribution in [0, 0.1) is 0 Å². The van der Waals surface area contributed by atoms with Crippen LogP contribution in [-0.4, -0.2) is 19.2 Å². The molecule has 0 aliphatic rings. The molecule has 0 heterocycles. The molecule has 0 aliphatic heterocycles. The molecule has 0 atom stereocenters. The van der Waals surface area contributed by atoms with Crippen molar-refractivity contribution in [1.29, 1.82) is 0 Å². The van der Waals surface area contributed by atoms with E-state index < -0.39 is 0 Å². The third-order valence-electron chi connectivity index (χ3n) is 4.90. The highest BCUT2D eigenvalue weighted by Gasteiger charge is 2.15. The Morgan fingerprint density at radius 2 is 1.33 bits per heavy atom. The quantitative estimate of drug-likeness (QED) is 0.310. The minimum Gasteiger partial charge on any atom is -0.493 e. The van der Waals surface area contributed by atoms with Crippen molar-refractivity contribution in [3.05, 3.63) is 89.5 Å². The van der Waals surface area contributed by atoms with Crippen molar-refractivity contribution in [2.24, 2.45) is 0 Å². The average molecular weight is 405 g/mol. The Labute approximate surface area is 177 Å². The second-order valence-corrected chi connectivity index (χ2v) is 7.28. The van der Waals surface area contributed by atoms with Crippen molar-refractivity contribution < 1.29 is 14.3 Å². The normalized spacial score (nSPS) is 10.7. The van der Waals surface area contributed by atoms with Crippen LogP contribution in [0.5, 0.6) is 5.75 Å². The summed E-state index contributed by atoms with van der Waals surface area (Å²) in [5.74, 6) is 0.732. The van der Waals surface area contributed by atoms with E-state index in [0.717, 1.165) is 23.5 Å². The van der Waals surface area contributed by atoms with Gasteiger partial charge in [-0.15, -0.1) is 0 Å². The van der Waals surface area contributed by atoms with E-state index in [9.17, 15) is 4.79 Å². The molecule has 5 nitrogen and oxygen atoms in total. The molecule has 0 bridgehead atoms. The van der Waals surface area contributed by atoms with Gasteiger partial charge in [0.05, 0.1) is 13.2 Å². The average Bonchev–Trinajstić information content (AvgIpc) is 2.74. The maximum atomic E-state index is 10.8. The minimum atomic E-state index is -0.267. The van der Waals surface area contributed by atoms with Crippen LogP contribution in [0.4, 0.5) is 11.4 Å². The molecule has 3 aromatic carbocycles. The van der Waals surface area contributed by atoms with Gasteiger partial charge in [0, 0.05) is 30.6 Å². The monoisotopic (exact) mass is 404 g/mol. The Balaban J connectivity index is 1.67. The summed E-state index contributed by atoms with van der Waals surface area (Å²) in [5.41, 5.74) is 16.9. The highest BCUT2D eigenvalue weighted by Crippen LogP contribution is 2.30. The van der Waals surface area contributed by atoms with Crippen LogP contribution in [0.2, 0.25) is 0 Å². The van der Waals surface area contributed by atoms with Crippen LogP contribution < -0.4 is 16.2 Å². The first-order chi connectivity index (χ1) is 14.5. The zero-order valence-corrected chi connectivity index (χ0v) is 17.2. The molecule has 0 radical (unpaired) electrons. The zero-order valence-electron chi connectivity index (χ0n) is 17.2. The van der Waals surface area contributed by atoms with Gasteiger partial charge in [-0.05, 0) is 59.5 Å². The molecule has 0 fully saturated rings. The molecule has 3 aromatic rings. The molecule has 0 amide bonds. The van der Waals surface area contributed by atoms with Gasteiger partial charge in [0.25, 0.3) is 0 Å². The number of esters is 1. The zero-order chi connectivity index (χ0) is 21.3. The summed E-state index contributed by atoms with van der Waals surface area (Å²) in [5, 5.41) is 0. The van der Waals surface area contributed by atoms with Gasteiger partial charge < -0.3 is 20.9 Å². The summed E-state index contributed by atoms with van der Waals surface area (Å²) in [7, 11) is 0. The van der Waals surface area contributed by atoms with E-state index >= 15 is 0 Å². The molecular weight excluding hydrogens is 376 g/mol. The Kier molecular flexibility index (Phi) is 7.33. The van der Waals surface area contributed by atoms with Crippen LogP contribution >= 0.6 is 0 Å². The second-order valence-electron chi connectivity index (χ2n) is 7.28. The highest BCUT2D eigenvalue weighted by molar-refractivity contribution is 5.65. The fourth-order valence-electron chi connectivity index (χ4n) is 3.31. The van der Waals surface area contributed by atoms with Gasteiger partial charge in [-0.2, -0.15) is 0 Å². The Morgan fingerprint density at radius 1 is 0.800 bits per heavy atom. The molecule has 0 unspecified atom stereocenters. The van der Waals surface area contributed by atoms with Gasteiger partial charge >= 0.3 is 5.97 Å². The van der Waals surface area contributed by atoms with Gasteiger partial charge in [-0.25, -0.2) is 0 Å². The number of anilines is 2. The Bertz CT molecular complexity index is 890. The smallest absolute Gasteiger partial charge is 0.302 e. The van der Waals surface area contributed by atoms with Crippen LogP contribution in [0.25, 0.3) is 0 Å². The lowest BCUT2D eigenvalue weighted by atomic mass is 9.86. The number of hydrogen-bond donors (Lipinski definition) is 2. The number of nitrogens with two attached hydrogens (primary N) is 2. The van der Waals surface area contributed by atoms with E-state index in [-0.39, 0.29) is 11.9 Å². The third kappa shape index (κ3) is 6.27. The second kappa shape index (κ2) is 10.3. The fraction of sp³-hybridized carbons (Fsp3) is 0.240. The first kappa shape index (κ1) is 21.2. The van der Waals surface area contributed by atoms with Crippen molar-refractivity contribution in [3.8, 4) is 5.75 Å². The summed E-state index contributed by atoms with van der Waals surface area (Å²) < 4.78 is 10.6. The van der Waals surface area contributed by atoms with Crippen LogP contribution in [-0.2, 0) is 16.0 Å². The summed E-state index contributed by atoms with van der Waals surface area (Å²) in [4.78, 5) is 10.8. The molecule has 4 N–H and O–H groups in total. The largest absolute Gasteiger partial charge is 0.493 e. The number of benzene rings is 3. The first-order valence-corrected chi connectivity index (χ1v) is 10.1. The number of carbonyl (C=O) groups is 1. The summed E-state index contributed by atoms with van der Waals surface area (Å²) in [6.45, 7) is 2.28. The lowest BCUT2D eigenvalue weighted by Gasteiger charge is -2.19. The molecule has 0 spiro atoms. The van der Waals surface area contributed by atoms with Crippen molar-refractivity contribution in [1.82, 2.24) is 0 Å². The maximum absolute atomic E-state index is 10.8. The number of ether oxygens (including phenoxy) is 2. The lowest BCUT2D eigenvalue weighted by molar-refractivity contribution is -0.141. The summed E-state index contributed by atoms with van der Waals surface area (Å²) >= 11 is 0. The molecule has 0 aromatic heterocycles. The Morgan fingerprint density at radius 3 is 1.83 bits per heavy atom. The van der Waals surface area contributed by atoms with Gasteiger partial charge in [0.2, 0.25) is 0 Å². The van der Waals surface area contributed by atoms with Crippen LogP contribution in [0.15, 0.2) is 72.8 Å². The highest BCUT2D eigenvalue weighted by atomic mass is 16.5. The number of nitrogen functional groups attached to an aromatic ring is 2. The molecule has 30 heavy (non-hydrogen) atoms. The number of carbonyl (C=O) groups excluding carboxylic acids is 1. The molecule has 0 saturated carbocycles. The van der Waals surface area contributed by atoms with E-state index in [2.05, 4.69) is 36.4 Å². The third-order valence-corrected chi connectivity index (χ3v) is 4.90. The predicted molar refractivity (Wildman–Crippen MR) is 120 cm³/mol. The topological polar surface area (TPSA) is 87.6 Å². The van der Waals surface area contributed by atoms with Gasteiger partial charge in [-0.3, -0.25) is 4.79 Å². The summed E-state index contributed by atoms with van der Waals surface area (Å²) in [6, 6.07) is 24.2. The molecule has 156 valence electrons. The molecule has 3 rings (SSSR count). The van der Waals surface area contributed by atoms with E-state index in [0.29, 0.717) is 19.6 Å². The van der Waals surface area contributed by atoms with E-state index in [1.54, 1.807) is 0 Å². The van der Waals surface area contributed by atoms with E-state index in [1.807, 2.05) is 36.4 Å². The van der Waals surface area contributed by atoms with Gasteiger partial charge in [0.15, 0.2) is 0 Å². The molecule has 0 aliphatic carbocycles. The van der Waals surface area contributed by atoms with Crippen LogP contribution in [0.3, 0.4) is 0 Å². The minimum absolute atomic E-state index is 0.196. The van der Waals surface area contributed by atoms with Crippen molar-refractivity contribution in [2.75, 3.05) is 24.7 Å². The summed E-state index contributed by atoms with van der Waals surface area (Å²) in [6.07, 6.45) is 1.51. The maximum Gasteiger partial charge on any atom is 0.302 e. The number of hydrogen-bond acceptors (Lipinski definition) is 5. The molecule has 5 heteroatoms. The lowest BCUT2D eigenvalue weighted by Crippen LogP contribution is -2.07. The predicted octanol–water partition coefficient (Wildman–Crippen LogP) is 4.56. The van der Waals surface area contributed by atoms with Crippen LogP contribution in [0.1, 0.15) is 36.0 Å². The van der Waals surface area contributed by atoms with Crippen molar-refractivity contribution in [2.45, 2.75) is 25.7 Å². The molecular formula is C25H28N2O3. The van der Waals surface area contributed by atoms with Crippen molar-refractivity contribution in [3.63, 3.8) is 0 Å². The SMILES string of the molecule is CC(=O)OCCCOc1ccc(CC(c2ccc(N)cc2)c2ccc(N)cc2)cc1. The first-order valence-electron chi connectivity index (χ1n) is 10.1. The molecule has 0 saturated heterocycles. The van der Waals surface area contributed by atoms with E-state index in [4.69, 9.17) is 20.9 Å². The fourth-order valence-corrected chi connectivity index (χ4v) is 3.31. The van der Waals surface area contributed by atoms with E-state index in [1.165, 1.54) is 23.6 Å². The van der Waals surface area contributed by atoms with Gasteiger partial charge in [-0.1, -0.05) is 36.4 Å². The Hall–Kier alpha value is -3.47. The van der Waals surface area contributed by atoms with Gasteiger partial charge in [0.1, 0.15) is 5.75 Å². The standard InChI is InChI=1S/C25H28N2O3/c1-18(28)29-15-2-16-30-24-13-3-19(4-14-24)17-25(20-5-9-22(26)10-6-20)21-7-11-23(27)12-8-21/h3-14,25H,2,15-17,26-27H2,1H3. The number of rotatable bonds is 9. The van der Waals surface area contributed by atoms with Crippen molar-refractivity contribution >= 4 is 17.3 Å².